The first-order chi connectivity index (χ1) is 38.3. The molecule has 0 fully saturated rings. The molecule has 0 spiro atoms. The summed E-state index contributed by atoms with van der Waals surface area (Å²) in [6.07, 6.45) is 0. The number of hydrogen-bond donors (Lipinski definition) is 0. The van der Waals surface area contributed by atoms with E-state index in [1.54, 1.807) is 0 Å². The number of benzene rings is 13. The monoisotopic (exact) mass is 994 g/mol. The molecule has 78 heavy (non-hydrogen) atoms. The molecule has 2 heteroatoms. The van der Waals surface area contributed by atoms with Crippen LogP contribution in [-0.2, 0) is 5.41 Å². The Morgan fingerprint density at radius 3 is 1.49 bits per heavy atom. The number of aromatic nitrogens is 1. The van der Waals surface area contributed by atoms with E-state index >= 15 is 0 Å². The van der Waals surface area contributed by atoms with Crippen molar-refractivity contribution in [1.82, 2.24) is 4.57 Å². The van der Waals surface area contributed by atoms with Crippen molar-refractivity contribution in [3.63, 3.8) is 0 Å². The first-order valence-electron chi connectivity index (χ1n) is 27.2. The average molecular weight is 995 g/mol. The van der Waals surface area contributed by atoms with E-state index in [9.17, 15) is 0 Å². The van der Waals surface area contributed by atoms with Crippen molar-refractivity contribution >= 4 is 65.5 Å². The van der Waals surface area contributed by atoms with Crippen LogP contribution in [-0.4, -0.2) is 11.6 Å². The molecule has 2 nitrogen and oxygen atoms in total. The summed E-state index contributed by atoms with van der Waals surface area (Å²) in [6, 6.07) is 101. The van der Waals surface area contributed by atoms with Crippen molar-refractivity contribution in [2.24, 2.45) is 0 Å². The van der Waals surface area contributed by atoms with Crippen LogP contribution in [0.1, 0.15) is 25.0 Å². The van der Waals surface area contributed by atoms with E-state index in [0.717, 1.165) is 17.1 Å². The lowest BCUT2D eigenvalue weighted by molar-refractivity contribution is 0.660. The van der Waals surface area contributed by atoms with Crippen LogP contribution in [0.2, 0.25) is 0 Å². The number of hydrogen-bond acceptors (Lipinski definition) is 1. The van der Waals surface area contributed by atoms with Gasteiger partial charge in [-0.25, -0.2) is 0 Å². The zero-order chi connectivity index (χ0) is 52.1. The highest BCUT2D eigenvalue weighted by Crippen LogP contribution is 2.51. The molecule has 0 saturated heterocycles. The van der Waals surface area contributed by atoms with Gasteiger partial charge in [-0.2, -0.15) is 0 Å². The van der Waals surface area contributed by atoms with Gasteiger partial charge in [0.2, 0.25) is 0 Å². The van der Waals surface area contributed by atoms with Gasteiger partial charge >= 0.3 is 0 Å². The highest BCUT2D eigenvalue weighted by Gasteiger charge is 2.35. The van der Waals surface area contributed by atoms with Crippen molar-refractivity contribution < 1.29 is 0 Å². The SMILES string of the molecule is CN(c1ccc2c3ccccc3c3ccccc3c2c1)c1ccc(-c2ccc3c(c2)c2ccccc2n3-c2cccc(-c3cc(-c4ccccc4)cc(-c4ccccc4)c3)c2)cc1-c1ccc2c(c1)-c1ccccc1C2(C)C. The van der Waals surface area contributed by atoms with Crippen LogP contribution >= 0.6 is 0 Å². The molecular formula is C76H54N2. The van der Waals surface area contributed by atoms with Crippen LogP contribution in [0.25, 0.3) is 127 Å². The number of rotatable bonds is 8. The maximum Gasteiger partial charge on any atom is 0.0541 e. The first-order valence-corrected chi connectivity index (χ1v) is 27.2. The van der Waals surface area contributed by atoms with Crippen LogP contribution in [0, 0.1) is 0 Å². The fourth-order valence-corrected chi connectivity index (χ4v) is 13.0. The van der Waals surface area contributed by atoms with Gasteiger partial charge in [0.05, 0.1) is 11.0 Å². The van der Waals surface area contributed by atoms with Gasteiger partial charge in [0.15, 0.2) is 0 Å². The molecule has 0 aliphatic heterocycles. The van der Waals surface area contributed by atoms with E-state index in [1.165, 1.54) is 132 Å². The molecule has 368 valence electrons. The normalized spacial score (nSPS) is 12.7. The highest BCUT2D eigenvalue weighted by atomic mass is 15.1. The third kappa shape index (κ3) is 7.32. The second kappa shape index (κ2) is 17.9. The molecule has 0 bridgehead atoms. The Morgan fingerprint density at radius 1 is 0.282 bits per heavy atom. The fourth-order valence-electron chi connectivity index (χ4n) is 13.0. The van der Waals surface area contributed by atoms with Gasteiger partial charge in [-0.3, -0.25) is 0 Å². The lowest BCUT2D eigenvalue weighted by Crippen LogP contribution is -2.14. The summed E-state index contributed by atoms with van der Waals surface area (Å²) in [5.74, 6) is 0. The Labute approximate surface area is 455 Å². The molecule has 1 heterocycles. The molecule has 0 amide bonds. The third-order valence-corrected chi connectivity index (χ3v) is 17.0. The Kier molecular flexibility index (Phi) is 10.5. The van der Waals surface area contributed by atoms with Crippen LogP contribution in [0.3, 0.4) is 0 Å². The number of anilines is 2. The summed E-state index contributed by atoms with van der Waals surface area (Å²) in [4.78, 5) is 2.39. The summed E-state index contributed by atoms with van der Waals surface area (Å²) in [7, 11) is 2.23. The Morgan fingerprint density at radius 2 is 0.782 bits per heavy atom. The van der Waals surface area contributed by atoms with Gasteiger partial charge in [-0.05, 0) is 184 Å². The van der Waals surface area contributed by atoms with Gasteiger partial charge in [-0.15, -0.1) is 0 Å². The minimum Gasteiger partial charge on any atom is -0.344 e. The van der Waals surface area contributed by atoms with Gasteiger partial charge in [-0.1, -0.05) is 208 Å². The molecule has 15 rings (SSSR count). The fraction of sp³-hybridized carbons (Fsp3) is 0.0526. The average Bonchev–Trinajstić information content (AvgIpc) is 4.10. The summed E-state index contributed by atoms with van der Waals surface area (Å²) >= 11 is 0. The Bertz CT molecular complexity index is 4620. The number of nitrogens with zero attached hydrogens (tertiary/aromatic N) is 2. The van der Waals surface area contributed by atoms with Crippen LogP contribution < -0.4 is 4.90 Å². The van der Waals surface area contributed by atoms with Gasteiger partial charge < -0.3 is 9.47 Å². The van der Waals surface area contributed by atoms with E-state index < -0.39 is 0 Å². The van der Waals surface area contributed by atoms with E-state index in [0.29, 0.717) is 0 Å². The molecule has 1 aliphatic rings. The topological polar surface area (TPSA) is 8.17 Å². The summed E-state index contributed by atoms with van der Waals surface area (Å²) in [5, 5.41) is 10.1. The van der Waals surface area contributed by atoms with Gasteiger partial charge in [0.25, 0.3) is 0 Å². The lowest BCUT2D eigenvalue weighted by atomic mass is 9.82. The smallest absolute Gasteiger partial charge is 0.0541 e. The van der Waals surface area contributed by atoms with Crippen LogP contribution in [0.15, 0.2) is 273 Å². The van der Waals surface area contributed by atoms with Crippen molar-refractivity contribution in [2.45, 2.75) is 19.3 Å². The predicted octanol–water partition coefficient (Wildman–Crippen LogP) is 20.7. The largest absolute Gasteiger partial charge is 0.344 e. The van der Waals surface area contributed by atoms with Crippen LogP contribution in [0.5, 0.6) is 0 Å². The molecule has 14 aromatic rings. The van der Waals surface area contributed by atoms with Crippen molar-refractivity contribution in [3.05, 3.63) is 284 Å². The minimum absolute atomic E-state index is 0.0841. The van der Waals surface area contributed by atoms with Crippen molar-refractivity contribution in [3.8, 4) is 72.4 Å². The number of para-hydroxylation sites is 1. The van der Waals surface area contributed by atoms with E-state index in [4.69, 9.17) is 0 Å². The van der Waals surface area contributed by atoms with E-state index in [1.807, 2.05) is 0 Å². The quantitative estimate of drug-likeness (QED) is 0.138. The summed E-state index contributed by atoms with van der Waals surface area (Å²) in [5.41, 5.74) is 23.0. The van der Waals surface area contributed by atoms with Gasteiger partial charge in [0.1, 0.15) is 0 Å². The van der Waals surface area contributed by atoms with E-state index in [2.05, 4.69) is 303 Å². The zero-order valence-corrected chi connectivity index (χ0v) is 43.9. The second-order valence-electron chi connectivity index (χ2n) is 21.7. The molecule has 1 aromatic heterocycles. The molecule has 13 aromatic carbocycles. The molecule has 0 saturated carbocycles. The second-order valence-corrected chi connectivity index (χ2v) is 21.7. The Hall–Kier alpha value is -9.76. The Balaban J connectivity index is 0.870. The summed E-state index contributed by atoms with van der Waals surface area (Å²) in [6.45, 7) is 4.72. The maximum atomic E-state index is 2.45. The third-order valence-electron chi connectivity index (χ3n) is 17.0. The minimum atomic E-state index is -0.0841. The molecule has 0 unspecified atom stereocenters. The maximum absolute atomic E-state index is 2.45. The molecular weight excluding hydrogens is 941 g/mol. The first kappa shape index (κ1) is 45.6. The zero-order valence-electron chi connectivity index (χ0n) is 43.9. The summed E-state index contributed by atoms with van der Waals surface area (Å²) < 4.78 is 2.44. The number of fused-ring (bicyclic) bond motifs is 12. The van der Waals surface area contributed by atoms with Crippen molar-refractivity contribution in [1.29, 1.82) is 0 Å². The highest BCUT2D eigenvalue weighted by molar-refractivity contribution is 6.26. The van der Waals surface area contributed by atoms with Crippen molar-refractivity contribution in [2.75, 3.05) is 11.9 Å². The molecule has 1 aliphatic carbocycles. The van der Waals surface area contributed by atoms with E-state index in [-0.39, 0.29) is 5.41 Å². The lowest BCUT2D eigenvalue weighted by Gasteiger charge is -2.25. The predicted molar refractivity (Wildman–Crippen MR) is 333 cm³/mol. The van der Waals surface area contributed by atoms with Gasteiger partial charge in [0, 0.05) is 45.9 Å². The standard InChI is InChI=1S/C76H54N2/c1-76(2)71-31-16-14-29-65(71)69-47-54(33-38-72(69)76)67-45-52(34-39-73(67)77(3)58-36-37-64-62-27-11-10-25-60(62)61-26-12-13-28-63(61)68(64)48-58)53-35-40-75-70(46-53)66-30-15-17-32-74(66)78(75)59-24-18-23-51(44-59)57-42-55(49-19-6-4-7-20-49)41-56(43-57)50-21-8-5-9-22-50/h4-48H,1-3H3. The molecule has 0 atom stereocenters. The molecule has 0 N–H and O–H groups in total. The van der Waals surface area contributed by atoms with Crippen LogP contribution in [0.4, 0.5) is 11.4 Å². The molecule has 0 radical (unpaired) electrons.